The number of allylic oxidation sites excluding steroid dienone is 1. The Morgan fingerprint density at radius 1 is 1.46 bits per heavy atom. The van der Waals surface area contributed by atoms with Crippen LogP contribution in [-0.4, -0.2) is 4.98 Å². The van der Waals surface area contributed by atoms with Crippen molar-refractivity contribution in [1.29, 1.82) is 0 Å². The molecule has 0 aromatic carbocycles. The molecular formula is C11H18N2. The van der Waals surface area contributed by atoms with Gasteiger partial charge in [-0.15, -0.1) is 0 Å². The van der Waals surface area contributed by atoms with E-state index in [-0.39, 0.29) is 0 Å². The molecule has 1 aromatic heterocycles. The Hall–Kier alpha value is -1.31. The van der Waals surface area contributed by atoms with Crippen molar-refractivity contribution in [2.24, 2.45) is 0 Å². The van der Waals surface area contributed by atoms with E-state index < -0.39 is 0 Å². The molecule has 1 aromatic rings. The normalized spacial score (nSPS) is 8.23. The molecule has 0 amide bonds. The van der Waals surface area contributed by atoms with Gasteiger partial charge in [-0.1, -0.05) is 33.4 Å². The molecule has 0 saturated carbocycles. The second-order valence-corrected chi connectivity index (χ2v) is 2.30. The van der Waals surface area contributed by atoms with Gasteiger partial charge in [-0.25, -0.2) is 4.98 Å². The van der Waals surface area contributed by atoms with E-state index in [1.807, 2.05) is 32.0 Å². The SMILES string of the molecule is C=C(CC)Nc1ccccn1.CC. The van der Waals surface area contributed by atoms with Crippen LogP contribution in [0.15, 0.2) is 36.7 Å². The van der Waals surface area contributed by atoms with Gasteiger partial charge < -0.3 is 5.32 Å². The summed E-state index contributed by atoms with van der Waals surface area (Å²) in [5.74, 6) is 0.861. The summed E-state index contributed by atoms with van der Waals surface area (Å²) in [6, 6.07) is 5.75. The molecule has 1 N–H and O–H groups in total. The molecule has 0 aliphatic carbocycles. The molecule has 0 radical (unpaired) electrons. The van der Waals surface area contributed by atoms with Crippen molar-refractivity contribution in [3.8, 4) is 0 Å². The highest BCUT2D eigenvalue weighted by molar-refractivity contribution is 5.39. The van der Waals surface area contributed by atoms with E-state index in [9.17, 15) is 0 Å². The summed E-state index contributed by atoms with van der Waals surface area (Å²) in [5, 5.41) is 3.09. The summed E-state index contributed by atoms with van der Waals surface area (Å²) in [4.78, 5) is 4.09. The number of hydrogen-bond acceptors (Lipinski definition) is 2. The Kier molecular flexibility index (Phi) is 6.60. The number of nitrogens with zero attached hydrogens (tertiary/aromatic N) is 1. The minimum atomic E-state index is 0.861. The van der Waals surface area contributed by atoms with Crippen LogP contribution in [0.5, 0.6) is 0 Å². The standard InChI is InChI=1S/C9H12N2.C2H6/c1-3-8(2)11-9-6-4-5-7-10-9;1-2/h4-7H,2-3H2,1H3,(H,10,11);1-2H3. The third-order valence-electron chi connectivity index (χ3n) is 1.40. The highest BCUT2D eigenvalue weighted by Gasteiger charge is 1.90. The zero-order valence-electron chi connectivity index (χ0n) is 8.67. The zero-order chi connectivity index (χ0) is 10.1. The molecular weight excluding hydrogens is 160 g/mol. The monoisotopic (exact) mass is 178 g/mol. The number of aromatic nitrogens is 1. The van der Waals surface area contributed by atoms with Gasteiger partial charge in [0.15, 0.2) is 0 Å². The van der Waals surface area contributed by atoms with E-state index in [4.69, 9.17) is 0 Å². The fourth-order valence-corrected chi connectivity index (χ4v) is 0.706. The van der Waals surface area contributed by atoms with Gasteiger partial charge in [0.1, 0.15) is 5.82 Å². The maximum Gasteiger partial charge on any atom is 0.129 e. The number of pyridine rings is 1. The first-order chi connectivity index (χ1) is 6.33. The van der Waals surface area contributed by atoms with Crippen molar-refractivity contribution in [3.05, 3.63) is 36.7 Å². The Bertz CT molecular complexity index is 229. The predicted octanol–water partition coefficient (Wildman–Crippen LogP) is 3.44. The molecule has 1 rings (SSSR count). The lowest BCUT2D eigenvalue weighted by Crippen LogP contribution is -1.97. The van der Waals surface area contributed by atoms with E-state index >= 15 is 0 Å². The van der Waals surface area contributed by atoms with Crippen molar-refractivity contribution in [2.45, 2.75) is 27.2 Å². The predicted molar refractivity (Wildman–Crippen MR) is 58.6 cm³/mol. The maximum atomic E-state index is 4.09. The van der Waals surface area contributed by atoms with Crippen molar-refractivity contribution < 1.29 is 0 Å². The second-order valence-electron chi connectivity index (χ2n) is 2.30. The summed E-state index contributed by atoms with van der Waals surface area (Å²) < 4.78 is 0. The fraction of sp³-hybridized carbons (Fsp3) is 0.364. The minimum Gasteiger partial charge on any atom is -0.344 e. The van der Waals surface area contributed by atoms with E-state index in [1.54, 1.807) is 6.20 Å². The number of hydrogen-bond donors (Lipinski definition) is 1. The molecule has 13 heavy (non-hydrogen) atoms. The lowest BCUT2D eigenvalue weighted by Gasteiger charge is -2.04. The van der Waals surface area contributed by atoms with Crippen molar-refractivity contribution >= 4 is 5.82 Å². The second kappa shape index (κ2) is 7.35. The van der Waals surface area contributed by atoms with Gasteiger partial charge in [-0.2, -0.15) is 0 Å². The van der Waals surface area contributed by atoms with Crippen LogP contribution in [0.1, 0.15) is 27.2 Å². The number of anilines is 1. The topological polar surface area (TPSA) is 24.9 Å². The van der Waals surface area contributed by atoms with Gasteiger partial charge in [-0.05, 0) is 18.6 Å². The quantitative estimate of drug-likeness (QED) is 0.766. The Morgan fingerprint density at radius 2 is 2.15 bits per heavy atom. The summed E-state index contributed by atoms with van der Waals surface area (Å²) in [7, 11) is 0. The Labute approximate surface area is 80.7 Å². The summed E-state index contributed by atoms with van der Waals surface area (Å²) in [5.41, 5.74) is 0.990. The lowest BCUT2D eigenvalue weighted by molar-refractivity contribution is 1.10. The highest BCUT2D eigenvalue weighted by Crippen LogP contribution is 2.05. The average Bonchev–Trinajstić information content (AvgIpc) is 2.22. The smallest absolute Gasteiger partial charge is 0.129 e. The largest absolute Gasteiger partial charge is 0.344 e. The molecule has 2 heteroatoms. The van der Waals surface area contributed by atoms with Crippen LogP contribution in [0.3, 0.4) is 0 Å². The van der Waals surface area contributed by atoms with Crippen LogP contribution in [0, 0.1) is 0 Å². The van der Waals surface area contributed by atoms with Gasteiger partial charge >= 0.3 is 0 Å². The number of rotatable bonds is 3. The van der Waals surface area contributed by atoms with Crippen molar-refractivity contribution in [1.82, 2.24) is 4.98 Å². The van der Waals surface area contributed by atoms with Gasteiger partial charge in [-0.3, -0.25) is 0 Å². The molecule has 0 saturated heterocycles. The van der Waals surface area contributed by atoms with Gasteiger partial charge in [0.2, 0.25) is 0 Å². The fourth-order valence-electron chi connectivity index (χ4n) is 0.706. The number of nitrogens with one attached hydrogen (secondary N) is 1. The lowest BCUT2D eigenvalue weighted by atomic mass is 10.3. The van der Waals surface area contributed by atoms with Crippen LogP contribution in [0.2, 0.25) is 0 Å². The molecule has 0 aliphatic heterocycles. The van der Waals surface area contributed by atoms with Gasteiger partial charge in [0, 0.05) is 11.9 Å². The van der Waals surface area contributed by atoms with Crippen LogP contribution in [0.25, 0.3) is 0 Å². The summed E-state index contributed by atoms with van der Waals surface area (Å²) >= 11 is 0. The van der Waals surface area contributed by atoms with Crippen molar-refractivity contribution in [2.75, 3.05) is 5.32 Å². The first kappa shape index (κ1) is 11.7. The molecule has 0 fully saturated rings. The molecule has 1 heterocycles. The molecule has 2 nitrogen and oxygen atoms in total. The third kappa shape index (κ3) is 5.01. The average molecular weight is 178 g/mol. The summed E-state index contributed by atoms with van der Waals surface area (Å²) in [6.45, 7) is 9.87. The molecule has 0 spiro atoms. The maximum absolute atomic E-state index is 4.09. The first-order valence-corrected chi connectivity index (χ1v) is 4.68. The Morgan fingerprint density at radius 3 is 2.62 bits per heavy atom. The van der Waals surface area contributed by atoms with Crippen LogP contribution >= 0.6 is 0 Å². The van der Waals surface area contributed by atoms with Crippen molar-refractivity contribution in [3.63, 3.8) is 0 Å². The van der Waals surface area contributed by atoms with Crippen LogP contribution in [-0.2, 0) is 0 Å². The molecule has 72 valence electrons. The van der Waals surface area contributed by atoms with Gasteiger partial charge in [0.05, 0.1) is 0 Å². The molecule has 0 bridgehead atoms. The molecule has 0 aliphatic rings. The van der Waals surface area contributed by atoms with Crippen LogP contribution in [0.4, 0.5) is 5.82 Å². The van der Waals surface area contributed by atoms with Crippen LogP contribution < -0.4 is 5.32 Å². The minimum absolute atomic E-state index is 0.861. The van der Waals surface area contributed by atoms with E-state index in [2.05, 4.69) is 23.8 Å². The first-order valence-electron chi connectivity index (χ1n) is 4.68. The van der Waals surface area contributed by atoms with Gasteiger partial charge in [0.25, 0.3) is 0 Å². The van der Waals surface area contributed by atoms with E-state index in [0.29, 0.717) is 0 Å². The van der Waals surface area contributed by atoms with E-state index in [1.165, 1.54) is 0 Å². The zero-order valence-corrected chi connectivity index (χ0v) is 8.67. The highest BCUT2D eigenvalue weighted by atomic mass is 15.0. The third-order valence-corrected chi connectivity index (χ3v) is 1.40. The summed E-state index contributed by atoms with van der Waals surface area (Å²) in [6.07, 6.45) is 2.68. The van der Waals surface area contributed by atoms with E-state index in [0.717, 1.165) is 17.9 Å². The molecule has 0 atom stereocenters. The Balaban J connectivity index is 0.000000671. The molecule has 0 unspecified atom stereocenters.